The predicted molar refractivity (Wildman–Crippen MR) is 97.7 cm³/mol. The van der Waals surface area contributed by atoms with Gasteiger partial charge in [0.2, 0.25) is 0 Å². The Kier molecular flexibility index (Phi) is 4.88. The third-order valence-electron chi connectivity index (χ3n) is 5.78. The summed E-state index contributed by atoms with van der Waals surface area (Å²) >= 11 is 0. The number of nitrogens with one attached hydrogen (secondary N) is 1. The van der Waals surface area contributed by atoms with E-state index in [-0.39, 0.29) is 5.56 Å². The number of pyridine rings is 1. The zero-order valence-corrected chi connectivity index (χ0v) is 14.7. The van der Waals surface area contributed by atoms with Crippen LogP contribution in [0.25, 0.3) is 10.9 Å². The maximum absolute atomic E-state index is 12.5. The van der Waals surface area contributed by atoms with E-state index < -0.39 is 0 Å². The average Bonchev–Trinajstić information content (AvgIpc) is 3.11. The number of ether oxygens (including phenoxy) is 2. The molecule has 5 nitrogen and oxygen atoms in total. The number of nitrogens with zero attached hydrogens (tertiary/aromatic N) is 1. The first kappa shape index (κ1) is 16.8. The lowest BCUT2D eigenvalue weighted by molar-refractivity contribution is -0.0609. The van der Waals surface area contributed by atoms with E-state index in [2.05, 4.69) is 9.88 Å². The quantitative estimate of drug-likeness (QED) is 0.928. The molecular formula is C20H26N2O3. The second kappa shape index (κ2) is 7.28. The highest BCUT2D eigenvalue weighted by molar-refractivity contribution is 5.78. The first-order valence-corrected chi connectivity index (χ1v) is 9.22. The fourth-order valence-electron chi connectivity index (χ4n) is 4.46. The smallest absolute Gasteiger partial charge is 0.252 e. The Bertz CT molecular complexity index is 788. The number of hydrogen-bond acceptors (Lipinski definition) is 4. The van der Waals surface area contributed by atoms with E-state index in [9.17, 15) is 4.79 Å². The molecule has 4 rings (SSSR count). The van der Waals surface area contributed by atoms with Gasteiger partial charge in [-0.1, -0.05) is 24.6 Å². The molecule has 0 bridgehead atoms. The second-order valence-electron chi connectivity index (χ2n) is 7.19. The van der Waals surface area contributed by atoms with Crippen LogP contribution in [0.2, 0.25) is 0 Å². The first-order chi connectivity index (χ1) is 12.3. The molecule has 3 atom stereocenters. The van der Waals surface area contributed by atoms with Gasteiger partial charge in [0.15, 0.2) is 0 Å². The Balaban J connectivity index is 1.59. The summed E-state index contributed by atoms with van der Waals surface area (Å²) in [6.45, 7) is 2.99. The minimum absolute atomic E-state index is 0.0126. The number of benzene rings is 1. The summed E-state index contributed by atoms with van der Waals surface area (Å²) in [6, 6.07) is 10.3. The molecule has 1 saturated carbocycles. The minimum atomic E-state index is 0.0126. The molecule has 134 valence electrons. The molecule has 1 N–H and O–H groups in total. The van der Waals surface area contributed by atoms with Crippen molar-refractivity contribution in [2.75, 3.05) is 26.9 Å². The van der Waals surface area contributed by atoms with Crippen LogP contribution in [0.5, 0.6) is 0 Å². The zero-order valence-electron chi connectivity index (χ0n) is 14.7. The molecule has 0 unspecified atom stereocenters. The Morgan fingerprint density at radius 3 is 3.08 bits per heavy atom. The largest absolute Gasteiger partial charge is 0.381 e. The second-order valence-corrected chi connectivity index (χ2v) is 7.19. The van der Waals surface area contributed by atoms with Gasteiger partial charge in [0.25, 0.3) is 5.56 Å². The van der Waals surface area contributed by atoms with Crippen LogP contribution in [-0.2, 0) is 16.0 Å². The van der Waals surface area contributed by atoms with Gasteiger partial charge in [-0.2, -0.15) is 0 Å². The average molecular weight is 342 g/mol. The summed E-state index contributed by atoms with van der Waals surface area (Å²) in [5.74, 6) is 0.491. The van der Waals surface area contributed by atoms with Gasteiger partial charge in [0, 0.05) is 43.2 Å². The lowest BCUT2D eigenvalue weighted by atomic mass is 9.93. The number of para-hydroxylation sites is 1. The molecule has 1 aromatic heterocycles. The number of hydrogen-bond donors (Lipinski definition) is 1. The molecule has 2 aliphatic rings. The molecule has 1 aliphatic carbocycles. The molecule has 2 heterocycles. The number of fused-ring (bicyclic) bond motifs is 1. The number of rotatable bonds is 4. The molecular weight excluding hydrogens is 316 g/mol. The van der Waals surface area contributed by atoms with Crippen molar-refractivity contribution in [2.24, 2.45) is 5.92 Å². The van der Waals surface area contributed by atoms with Crippen molar-refractivity contribution in [2.45, 2.75) is 38.0 Å². The topological polar surface area (TPSA) is 54.6 Å². The summed E-state index contributed by atoms with van der Waals surface area (Å²) in [6.07, 6.45) is 3.83. The molecule has 2 fully saturated rings. The lowest BCUT2D eigenvalue weighted by Gasteiger charge is -2.40. The van der Waals surface area contributed by atoms with Gasteiger partial charge in [-0.05, 0) is 30.4 Å². The number of aromatic amines is 1. The van der Waals surface area contributed by atoms with Crippen molar-refractivity contribution < 1.29 is 9.47 Å². The maximum Gasteiger partial charge on any atom is 0.252 e. The van der Waals surface area contributed by atoms with Crippen LogP contribution in [0.4, 0.5) is 0 Å². The molecule has 0 spiro atoms. The van der Waals surface area contributed by atoms with Crippen LogP contribution in [0.3, 0.4) is 0 Å². The van der Waals surface area contributed by atoms with Crippen LogP contribution in [0.15, 0.2) is 35.1 Å². The zero-order chi connectivity index (χ0) is 17.2. The minimum Gasteiger partial charge on any atom is -0.381 e. The van der Waals surface area contributed by atoms with E-state index in [1.165, 1.54) is 12.8 Å². The number of aromatic nitrogens is 1. The fraction of sp³-hybridized carbons (Fsp3) is 0.550. The Hall–Kier alpha value is -1.69. The molecule has 2 aromatic rings. The van der Waals surface area contributed by atoms with E-state index in [4.69, 9.17) is 9.47 Å². The summed E-state index contributed by atoms with van der Waals surface area (Å²) in [7, 11) is 1.81. The third-order valence-corrected chi connectivity index (χ3v) is 5.78. The van der Waals surface area contributed by atoms with Gasteiger partial charge in [0.05, 0.1) is 19.3 Å². The number of methoxy groups -OCH3 is 1. The van der Waals surface area contributed by atoms with Gasteiger partial charge in [-0.15, -0.1) is 0 Å². The third kappa shape index (κ3) is 3.36. The SMILES string of the molecule is CO[C@@H]1CCC[C@@H]1[C@@H]1COCCN1Cc1cc2ccccc2[nH]c1=O. The molecule has 25 heavy (non-hydrogen) atoms. The van der Waals surface area contributed by atoms with E-state index in [1.54, 1.807) is 0 Å². The normalized spacial score (nSPS) is 27.8. The van der Waals surface area contributed by atoms with Crippen LogP contribution >= 0.6 is 0 Å². The van der Waals surface area contributed by atoms with Gasteiger partial charge in [-0.25, -0.2) is 0 Å². The molecule has 0 amide bonds. The molecule has 1 saturated heterocycles. The fourth-order valence-corrected chi connectivity index (χ4v) is 4.46. The molecule has 5 heteroatoms. The van der Waals surface area contributed by atoms with Crippen molar-refractivity contribution >= 4 is 10.9 Å². The standard InChI is InChI=1S/C20H26N2O3/c1-24-19-8-4-6-16(19)18-13-25-10-9-22(18)12-15-11-14-5-2-3-7-17(14)21-20(15)23/h2-3,5,7,11,16,18-19H,4,6,8-10,12-13H2,1H3,(H,21,23)/t16-,18+,19-/m1/s1. The summed E-state index contributed by atoms with van der Waals surface area (Å²) in [5, 5.41) is 1.08. The van der Waals surface area contributed by atoms with Gasteiger partial charge < -0.3 is 14.5 Å². The summed E-state index contributed by atoms with van der Waals surface area (Å²) in [4.78, 5) is 18.0. The highest BCUT2D eigenvalue weighted by Crippen LogP contribution is 2.34. The van der Waals surface area contributed by atoms with Crippen molar-refractivity contribution in [1.82, 2.24) is 9.88 Å². The Morgan fingerprint density at radius 2 is 2.20 bits per heavy atom. The molecule has 0 radical (unpaired) electrons. The van der Waals surface area contributed by atoms with Crippen molar-refractivity contribution in [3.63, 3.8) is 0 Å². The van der Waals surface area contributed by atoms with Crippen LogP contribution in [0, 0.1) is 5.92 Å². The van der Waals surface area contributed by atoms with Crippen LogP contribution in [0.1, 0.15) is 24.8 Å². The van der Waals surface area contributed by atoms with E-state index in [0.29, 0.717) is 24.6 Å². The van der Waals surface area contributed by atoms with Gasteiger partial charge in [-0.3, -0.25) is 9.69 Å². The summed E-state index contributed by atoms with van der Waals surface area (Å²) < 4.78 is 11.5. The van der Waals surface area contributed by atoms with Crippen molar-refractivity contribution in [3.05, 3.63) is 46.2 Å². The first-order valence-electron chi connectivity index (χ1n) is 9.22. The van der Waals surface area contributed by atoms with E-state index in [1.807, 2.05) is 37.4 Å². The van der Waals surface area contributed by atoms with E-state index in [0.717, 1.165) is 42.6 Å². The molecule has 1 aromatic carbocycles. The predicted octanol–water partition coefficient (Wildman–Crippen LogP) is 2.54. The van der Waals surface area contributed by atoms with Crippen molar-refractivity contribution in [3.8, 4) is 0 Å². The highest BCUT2D eigenvalue weighted by Gasteiger charge is 2.38. The number of morpholine rings is 1. The van der Waals surface area contributed by atoms with Gasteiger partial charge >= 0.3 is 0 Å². The lowest BCUT2D eigenvalue weighted by Crippen LogP contribution is -2.51. The Labute approximate surface area is 147 Å². The van der Waals surface area contributed by atoms with Crippen LogP contribution < -0.4 is 5.56 Å². The maximum atomic E-state index is 12.5. The molecule has 1 aliphatic heterocycles. The van der Waals surface area contributed by atoms with Gasteiger partial charge in [0.1, 0.15) is 0 Å². The number of H-pyrrole nitrogens is 1. The highest BCUT2D eigenvalue weighted by atomic mass is 16.5. The Morgan fingerprint density at radius 1 is 1.32 bits per heavy atom. The monoisotopic (exact) mass is 342 g/mol. The summed E-state index contributed by atoms with van der Waals surface area (Å²) in [5.41, 5.74) is 1.74. The van der Waals surface area contributed by atoms with Crippen molar-refractivity contribution in [1.29, 1.82) is 0 Å². The van der Waals surface area contributed by atoms with Crippen LogP contribution in [-0.4, -0.2) is 48.9 Å². The van der Waals surface area contributed by atoms with E-state index >= 15 is 0 Å².